The lowest BCUT2D eigenvalue weighted by molar-refractivity contribution is 0.251. The smallest absolute Gasteiger partial charge is 0.319 e. The highest BCUT2D eigenvalue weighted by Gasteiger charge is 2.31. The van der Waals surface area contributed by atoms with Crippen LogP contribution in [0, 0.1) is 0 Å². The maximum absolute atomic E-state index is 13.7. The first-order chi connectivity index (χ1) is 23.4. The molecule has 2 heterocycles. The SMILES string of the molecule is O=C(NCc1cccnc1)Nc1ccc(S(=O)(=O)c2ccc3nnc(C4Cc5c(ccc6ccccc56)C5=C4CCC=C5)cc3c2)cc1. The highest BCUT2D eigenvalue weighted by Crippen LogP contribution is 2.46. The van der Waals surface area contributed by atoms with E-state index in [9.17, 15) is 13.2 Å². The van der Waals surface area contributed by atoms with E-state index in [0.717, 1.165) is 35.9 Å². The number of hydrogen-bond donors (Lipinski definition) is 2. The van der Waals surface area contributed by atoms with Crippen molar-refractivity contribution in [2.45, 2.75) is 41.5 Å². The Hall–Kier alpha value is -5.67. The number of anilines is 1. The summed E-state index contributed by atoms with van der Waals surface area (Å²) in [5.74, 6) is 0.0435. The second-order valence-corrected chi connectivity index (χ2v) is 14.1. The minimum atomic E-state index is -3.84. The van der Waals surface area contributed by atoms with Crippen LogP contribution in [0.15, 0.2) is 137 Å². The normalized spacial score (nSPS) is 15.6. The molecule has 48 heavy (non-hydrogen) atoms. The van der Waals surface area contributed by atoms with E-state index >= 15 is 0 Å². The number of sulfone groups is 1. The molecule has 0 fully saturated rings. The summed E-state index contributed by atoms with van der Waals surface area (Å²) in [6.45, 7) is 0.320. The molecule has 0 spiro atoms. The summed E-state index contributed by atoms with van der Waals surface area (Å²) < 4.78 is 27.5. The Morgan fingerprint density at radius 2 is 1.71 bits per heavy atom. The van der Waals surface area contributed by atoms with Crippen molar-refractivity contribution in [2.75, 3.05) is 5.32 Å². The van der Waals surface area contributed by atoms with Gasteiger partial charge in [-0.15, -0.1) is 0 Å². The van der Waals surface area contributed by atoms with Crippen molar-refractivity contribution in [3.05, 3.63) is 150 Å². The van der Waals surface area contributed by atoms with Gasteiger partial charge >= 0.3 is 6.03 Å². The molecule has 9 heteroatoms. The number of nitrogens with zero attached hydrogens (tertiary/aromatic N) is 3. The Kier molecular flexibility index (Phi) is 7.53. The number of carbonyl (C=O) groups excluding carboxylic acids is 1. The summed E-state index contributed by atoms with van der Waals surface area (Å²) in [4.78, 5) is 16.7. The third-order valence-electron chi connectivity index (χ3n) is 9.21. The fourth-order valence-electron chi connectivity index (χ4n) is 6.82. The van der Waals surface area contributed by atoms with Crippen molar-refractivity contribution in [2.24, 2.45) is 0 Å². The van der Waals surface area contributed by atoms with E-state index in [0.29, 0.717) is 17.7 Å². The van der Waals surface area contributed by atoms with Gasteiger partial charge in [0.1, 0.15) is 0 Å². The van der Waals surface area contributed by atoms with Gasteiger partial charge in [-0.3, -0.25) is 4.98 Å². The fourth-order valence-corrected chi connectivity index (χ4v) is 8.11. The summed E-state index contributed by atoms with van der Waals surface area (Å²) in [6, 6.07) is 29.3. The number of fused-ring (bicyclic) bond motifs is 5. The number of rotatable bonds is 6. The molecule has 0 saturated carbocycles. The molecule has 1 unspecified atom stereocenters. The van der Waals surface area contributed by atoms with E-state index in [1.54, 1.807) is 48.8 Å². The summed E-state index contributed by atoms with van der Waals surface area (Å²) in [6.07, 6.45) is 10.6. The molecule has 2 amide bonds. The predicted octanol–water partition coefficient (Wildman–Crippen LogP) is 7.78. The van der Waals surface area contributed by atoms with Crippen molar-refractivity contribution < 1.29 is 13.2 Å². The van der Waals surface area contributed by atoms with Gasteiger partial charge in [0.25, 0.3) is 0 Å². The zero-order chi connectivity index (χ0) is 32.7. The van der Waals surface area contributed by atoms with Crippen LogP contribution in [0.5, 0.6) is 0 Å². The van der Waals surface area contributed by atoms with Crippen molar-refractivity contribution in [3.8, 4) is 0 Å². The molecule has 0 bridgehead atoms. The molecule has 0 aliphatic heterocycles. The van der Waals surface area contributed by atoms with E-state index in [-0.39, 0.29) is 15.7 Å². The zero-order valence-electron chi connectivity index (χ0n) is 25.9. The molecule has 2 aliphatic rings. The predicted molar refractivity (Wildman–Crippen MR) is 187 cm³/mol. The summed E-state index contributed by atoms with van der Waals surface area (Å²) in [5.41, 5.74) is 8.04. The van der Waals surface area contributed by atoms with Crippen LogP contribution in [0.2, 0.25) is 0 Å². The quantitative estimate of drug-likeness (QED) is 0.191. The van der Waals surface area contributed by atoms with Crippen molar-refractivity contribution in [1.29, 1.82) is 0 Å². The number of hydrogen-bond acceptors (Lipinski definition) is 6. The Bertz CT molecular complexity index is 2390. The van der Waals surface area contributed by atoms with Crippen LogP contribution >= 0.6 is 0 Å². The highest BCUT2D eigenvalue weighted by atomic mass is 32.2. The first-order valence-corrected chi connectivity index (χ1v) is 17.4. The van der Waals surface area contributed by atoms with Gasteiger partial charge in [0.15, 0.2) is 0 Å². The number of carbonyl (C=O) groups is 1. The van der Waals surface area contributed by atoms with Gasteiger partial charge in [-0.2, -0.15) is 10.2 Å². The van der Waals surface area contributed by atoms with Gasteiger partial charge in [-0.1, -0.05) is 60.2 Å². The number of amides is 2. The van der Waals surface area contributed by atoms with E-state index in [1.165, 1.54) is 45.2 Å². The van der Waals surface area contributed by atoms with Crippen LogP contribution in [0.3, 0.4) is 0 Å². The average Bonchev–Trinajstić information content (AvgIpc) is 3.13. The minimum absolute atomic E-state index is 0.0435. The monoisotopic (exact) mass is 649 g/mol. The Labute approximate surface area is 278 Å². The summed E-state index contributed by atoms with van der Waals surface area (Å²) in [7, 11) is -3.84. The van der Waals surface area contributed by atoms with Gasteiger partial charge < -0.3 is 10.6 Å². The van der Waals surface area contributed by atoms with E-state index in [2.05, 4.69) is 74.4 Å². The molecule has 8 nitrogen and oxygen atoms in total. The minimum Gasteiger partial charge on any atom is -0.334 e. The van der Waals surface area contributed by atoms with Crippen molar-refractivity contribution >= 4 is 48.8 Å². The largest absolute Gasteiger partial charge is 0.334 e. The van der Waals surface area contributed by atoms with Crippen LogP contribution in [-0.2, 0) is 22.8 Å². The molecule has 2 aromatic heterocycles. The Balaban J connectivity index is 1.06. The third-order valence-corrected chi connectivity index (χ3v) is 11.0. The highest BCUT2D eigenvalue weighted by molar-refractivity contribution is 7.91. The summed E-state index contributed by atoms with van der Waals surface area (Å²) in [5, 5.41) is 17.9. The number of aromatic nitrogens is 3. The van der Waals surface area contributed by atoms with Gasteiger partial charge in [0.05, 0.1) is 21.0 Å². The fraction of sp³-hybridized carbons (Fsp3) is 0.128. The first kappa shape index (κ1) is 29.7. The van der Waals surface area contributed by atoms with Crippen molar-refractivity contribution in [3.63, 3.8) is 0 Å². The molecule has 1 atom stereocenters. The Morgan fingerprint density at radius 1 is 0.854 bits per heavy atom. The molecular formula is C39H31N5O3S. The van der Waals surface area contributed by atoms with Crippen LogP contribution in [0.1, 0.15) is 41.1 Å². The second kappa shape index (κ2) is 12.2. The summed E-state index contributed by atoms with van der Waals surface area (Å²) >= 11 is 0. The number of allylic oxidation sites excluding steroid dienone is 4. The van der Waals surface area contributed by atoms with E-state index in [1.807, 2.05) is 12.1 Å². The van der Waals surface area contributed by atoms with Crippen LogP contribution in [0.25, 0.3) is 27.2 Å². The number of nitrogens with one attached hydrogen (secondary N) is 2. The molecule has 0 saturated heterocycles. The molecule has 2 N–H and O–H groups in total. The lowest BCUT2D eigenvalue weighted by atomic mass is 9.72. The van der Waals surface area contributed by atoms with Gasteiger partial charge in [0.2, 0.25) is 9.84 Å². The van der Waals surface area contributed by atoms with E-state index in [4.69, 9.17) is 0 Å². The van der Waals surface area contributed by atoms with Gasteiger partial charge in [-0.25, -0.2) is 13.2 Å². The zero-order valence-corrected chi connectivity index (χ0v) is 26.7. The van der Waals surface area contributed by atoms with Gasteiger partial charge in [0, 0.05) is 35.9 Å². The van der Waals surface area contributed by atoms with Crippen molar-refractivity contribution in [1.82, 2.24) is 20.5 Å². The molecule has 2 aliphatic carbocycles. The standard InChI is InChI=1S/C39H31N5O3S/c45-39(41-24-25-6-5-19-40-23-25)42-28-12-14-29(15-13-28)48(46,47)30-16-18-37-27(20-30)21-38(44-43-37)36-22-35-31-8-2-1-7-26(31)11-17-34(35)32-9-3-4-10-33(32)36/h1-3,5-9,11-21,23,36H,4,10,22,24H2,(H2,41,42,45). The maximum Gasteiger partial charge on any atom is 0.319 e. The van der Waals surface area contributed by atoms with Crippen LogP contribution in [-0.4, -0.2) is 29.6 Å². The molecule has 4 aromatic carbocycles. The van der Waals surface area contributed by atoms with E-state index < -0.39 is 15.9 Å². The van der Waals surface area contributed by atoms with Crippen LogP contribution in [0.4, 0.5) is 10.5 Å². The topological polar surface area (TPSA) is 114 Å². The molecule has 6 aromatic rings. The first-order valence-electron chi connectivity index (χ1n) is 15.9. The molecule has 8 rings (SSSR count). The molecular weight excluding hydrogens is 619 g/mol. The molecule has 236 valence electrons. The molecule has 0 radical (unpaired) electrons. The second-order valence-electron chi connectivity index (χ2n) is 12.1. The maximum atomic E-state index is 13.7. The number of urea groups is 1. The van der Waals surface area contributed by atoms with Crippen LogP contribution < -0.4 is 10.6 Å². The third kappa shape index (κ3) is 5.52. The lowest BCUT2D eigenvalue weighted by Crippen LogP contribution is -2.28. The Morgan fingerprint density at radius 3 is 2.56 bits per heavy atom. The number of pyridine rings is 1. The average molecular weight is 650 g/mol. The van der Waals surface area contributed by atoms with Gasteiger partial charge in [-0.05, 0) is 107 Å². The number of benzene rings is 4. The lowest BCUT2D eigenvalue weighted by Gasteiger charge is -2.32.